The largest absolute Gasteiger partial charge is 0.468 e. The molecule has 4 amide bonds. The van der Waals surface area contributed by atoms with Crippen LogP contribution in [0, 0.1) is 0 Å². The molecule has 0 atom stereocenters. The molecule has 0 saturated carbocycles. The Morgan fingerprint density at radius 1 is 0.625 bits per heavy atom. The van der Waals surface area contributed by atoms with E-state index in [0.29, 0.717) is 11.1 Å². The summed E-state index contributed by atoms with van der Waals surface area (Å²) in [5.41, 5.74) is -0.124. The molecule has 10 nitrogen and oxygen atoms in total. The first kappa shape index (κ1) is 25.4. The van der Waals surface area contributed by atoms with Crippen molar-refractivity contribution in [3.05, 3.63) is 107 Å². The molecule has 0 spiro atoms. The van der Waals surface area contributed by atoms with Gasteiger partial charge in [-0.05, 0) is 11.1 Å². The molecule has 0 radical (unpaired) electrons. The van der Waals surface area contributed by atoms with Gasteiger partial charge in [-0.15, -0.1) is 0 Å². The summed E-state index contributed by atoms with van der Waals surface area (Å²) in [5, 5.41) is 0. The third-order valence-corrected chi connectivity index (χ3v) is 8.13. The van der Waals surface area contributed by atoms with Crippen LogP contribution in [-0.4, -0.2) is 70.9 Å². The number of esters is 2. The Labute approximate surface area is 231 Å². The standard InChI is InChI=1S/C30H28N4O6/c1-39-25(35)19-33-27(37)31-17-21-11-9-10-12-22(21)18-32-28(38)34(20-26(36)40-2)30(33,24-15-7-4-8-16-24)29(31,32)23-13-5-3-6-14-23/h3-16H,17-20H2,1-2H3. The number of benzene rings is 3. The summed E-state index contributed by atoms with van der Waals surface area (Å²) < 4.78 is 10.1. The van der Waals surface area contributed by atoms with Gasteiger partial charge >= 0.3 is 24.0 Å². The van der Waals surface area contributed by atoms with Crippen LogP contribution in [0.15, 0.2) is 84.9 Å². The summed E-state index contributed by atoms with van der Waals surface area (Å²) in [4.78, 5) is 61.2. The minimum absolute atomic E-state index is 0.173. The number of carbonyl (C=O) groups excluding carboxylic acids is 4. The highest BCUT2D eigenvalue weighted by molar-refractivity contribution is 5.93. The highest BCUT2D eigenvalue weighted by Gasteiger charge is 2.80. The molecule has 0 unspecified atom stereocenters. The fraction of sp³-hybridized carbons (Fsp3) is 0.267. The Bertz CT molecular complexity index is 1430. The summed E-state index contributed by atoms with van der Waals surface area (Å²) >= 11 is 0. The molecular weight excluding hydrogens is 512 g/mol. The molecule has 0 N–H and O–H groups in total. The third kappa shape index (κ3) is 3.22. The molecule has 40 heavy (non-hydrogen) atoms. The number of amides is 4. The van der Waals surface area contributed by atoms with Crippen molar-refractivity contribution in [3.8, 4) is 0 Å². The van der Waals surface area contributed by atoms with Gasteiger partial charge in [0.25, 0.3) is 0 Å². The van der Waals surface area contributed by atoms with Crippen molar-refractivity contribution in [2.75, 3.05) is 27.3 Å². The van der Waals surface area contributed by atoms with E-state index < -0.39 is 48.4 Å². The van der Waals surface area contributed by atoms with E-state index in [1.807, 2.05) is 72.8 Å². The predicted octanol–water partition coefficient (Wildman–Crippen LogP) is 3.23. The van der Waals surface area contributed by atoms with E-state index in [4.69, 9.17) is 9.47 Å². The zero-order valence-electron chi connectivity index (χ0n) is 22.1. The molecule has 0 aliphatic carbocycles. The number of carbonyl (C=O) groups is 4. The van der Waals surface area contributed by atoms with Crippen LogP contribution in [0.4, 0.5) is 9.59 Å². The SMILES string of the molecule is COC(=O)CN1C(=O)N2Cc3ccccc3CN3C(=O)N(CC(=O)OC)C1(c1ccccc1)C23c1ccccc1. The van der Waals surface area contributed by atoms with E-state index >= 15 is 0 Å². The molecule has 3 aliphatic rings. The summed E-state index contributed by atoms with van der Waals surface area (Å²) in [7, 11) is 2.50. The maximum atomic E-state index is 14.7. The van der Waals surface area contributed by atoms with Crippen LogP contribution in [0.3, 0.4) is 0 Å². The van der Waals surface area contributed by atoms with Crippen LogP contribution in [0.25, 0.3) is 0 Å². The zero-order valence-corrected chi connectivity index (χ0v) is 22.1. The maximum Gasteiger partial charge on any atom is 0.325 e. The molecule has 3 aromatic rings. The fourth-order valence-electron chi connectivity index (χ4n) is 6.58. The molecule has 6 rings (SSSR count). The zero-order chi connectivity index (χ0) is 28.1. The summed E-state index contributed by atoms with van der Waals surface area (Å²) in [5.74, 6) is -1.32. The highest BCUT2D eigenvalue weighted by Crippen LogP contribution is 2.63. The highest BCUT2D eigenvalue weighted by atomic mass is 16.5. The molecule has 3 aliphatic heterocycles. The molecule has 10 heteroatoms. The van der Waals surface area contributed by atoms with Gasteiger partial charge in [0.1, 0.15) is 13.1 Å². The van der Waals surface area contributed by atoms with Crippen LogP contribution in [0.2, 0.25) is 0 Å². The van der Waals surface area contributed by atoms with E-state index in [1.165, 1.54) is 24.0 Å². The summed E-state index contributed by atoms with van der Waals surface area (Å²) in [6.07, 6.45) is 0. The molecule has 2 saturated heterocycles. The van der Waals surface area contributed by atoms with Gasteiger partial charge in [-0.3, -0.25) is 29.2 Å². The average molecular weight is 541 g/mol. The Morgan fingerprint density at radius 3 is 1.40 bits per heavy atom. The first-order valence-electron chi connectivity index (χ1n) is 12.9. The molecule has 0 aromatic heterocycles. The topological polar surface area (TPSA) is 99.7 Å². The van der Waals surface area contributed by atoms with Crippen LogP contribution < -0.4 is 0 Å². The normalized spacial score (nSPS) is 23.1. The number of hydrogen-bond donors (Lipinski definition) is 0. The van der Waals surface area contributed by atoms with Crippen LogP contribution >= 0.6 is 0 Å². The lowest BCUT2D eigenvalue weighted by Crippen LogP contribution is -2.64. The lowest BCUT2D eigenvalue weighted by atomic mass is 9.79. The predicted molar refractivity (Wildman–Crippen MR) is 142 cm³/mol. The number of rotatable bonds is 6. The number of ether oxygens (including phenoxy) is 2. The first-order chi connectivity index (χ1) is 19.4. The number of urea groups is 2. The van der Waals surface area contributed by atoms with Gasteiger partial charge in [0, 0.05) is 11.1 Å². The first-order valence-corrected chi connectivity index (χ1v) is 12.9. The van der Waals surface area contributed by atoms with Crippen molar-refractivity contribution in [1.29, 1.82) is 0 Å². The van der Waals surface area contributed by atoms with Gasteiger partial charge in [-0.25, -0.2) is 9.59 Å². The van der Waals surface area contributed by atoms with E-state index in [0.717, 1.165) is 11.1 Å². The van der Waals surface area contributed by atoms with Crippen molar-refractivity contribution >= 4 is 24.0 Å². The Balaban J connectivity index is 1.76. The van der Waals surface area contributed by atoms with E-state index in [-0.39, 0.29) is 13.1 Å². The van der Waals surface area contributed by atoms with Gasteiger partial charge in [0.05, 0.1) is 27.3 Å². The minimum atomic E-state index is -1.64. The van der Waals surface area contributed by atoms with E-state index in [1.54, 1.807) is 21.9 Å². The summed E-state index contributed by atoms with van der Waals surface area (Å²) in [6, 6.07) is 25.1. The summed E-state index contributed by atoms with van der Waals surface area (Å²) in [6.45, 7) is -0.552. The monoisotopic (exact) mass is 540 g/mol. The molecule has 3 aromatic carbocycles. The maximum absolute atomic E-state index is 14.7. The lowest BCUT2D eigenvalue weighted by Gasteiger charge is -2.49. The van der Waals surface area contributed by atoms with Crippen LogP contribution in [0.1, 0.15) is 22.3 Å². The third-order valence-electron chi connectivity index (χ3n) is 8.13. The molecule has 2 fully saturated rings. The second-order valence-corrected chi connectivity index (χ2v) is 9.91. The quantitative estimate of drug-likeness (QED) is 0.445. The Hall–Kier alpha value is -4.86. The van der Waals surface area contributed by atoms with Crippen molar-refractivity contribution in [2.45, 2.75) is 24.4 Å². The lowest BCUT2D eigenvalue weighted by molar-refractivity contribution is -0.149. The van der Waals surface area contributed by atoms with E-state index in [9.17, 15) is 19.2 Å². The molecular formula is C30H28N4O6. The van der Waals surface area contributed by atoms with Gasteiger partial charge in [0.2, 0.25) is 0 Å². The minimum Gasteiger partial charge on any atom is -0.468 e. The number of fused-ring (bicyclic) bond motifs is 1. The second kappa shape index (κ2) is 9.41. The molecule has 0 bridgehead atoms. The molecule has 204 valence electrons. The van der Waals surface area contributed by atoms with Crippen molar-refractivity contribution < 1.29 is 28.7 Å². The van der Waals surface area contributed by atoms with Crippen molar-refractivity contribution in [1.82, 2.24) is 19.6 Å². The van der Waals surface area contributed by atoms with Gasteiger partial charge in [-0.1, -0.05) is 84.9 Å². The van der Waals surface area contributed by atoms with E-state index in [2.05, 4.69) is 0 Å². The van der Waals surface area contributed by atoms with Gasteiger partial charge < -0.3 is 9.47 Å². The molecule has 3 heterocycles. The number of methoxy groups -OCH3 is 2. The Kier molecular flexibility index (Phi) is 5.98. The number of nitrogens with zero attached hydrogens (tertiary/aromatic N) is 4. The van der Waals surface area contributed by atoms with Crippen molar-refractivity contribution in [3.63, 3.8) is 0 Å². The van der Waals surface area contributed by atoms with Crippen LogP contribution in [0.5, 0.6) is 0 Å². The van der Waals surface area contributed by atoms with Gasteiger partial charge in [-0.2, -0.15) is 0 Å². The fourth-order valence-corrected chi connectivity index (χ4v) is 6.58. The number of hydrogen-bond acceptors (Lipinski definition) is 6. The van der Waals surface area contributed by atoms with Crippen LogP contribution in [-0.2, 0) is 43.5 Å². The van der Waals surface area contributed by atoms with Crippen molar-refractivity contribution in [2.24, 2.45) is 0 Å². The van der Waals surface area contributed by atoms with Gasteiger partial charge in [0.15, 0.2) is 11.3 Å². The average Bonchev–Trinajstić information content (AvgIpc) is 3.23. The smallest absolute Gasteiger partial charge is 0.325 e. The Morgan fingerprint density at radius 2 is 1.00 bits per heavy atom. The second-order valence-electron chi connectivity index (χ2n) is 9.91.